The number of nitrogens with zero attached hydrogens (tertiary/aromatic N) is 6. The molecule has 2 aliphatic heterocycles. The van der Waals surface area contributed by atoms with Crippen LogP contribution in [0.25, 0.3) is 31.6 Å². The van der Waals surface area contributed by atoms with Gasteiger partial charge in [0.25, 0.3) is 0 Å². The second-order valence-electron chi connectivity index (χ2n) is 15.4. The van der Waals surface area contributed by atoms with Crippen LogP contribution in [0.2, 0.25) is 0 Å². The Kier molecular flexibility index (Phi) is 14.2. The van der Waals surface area contributed by atoms with E-state index < -0.39 is 14.8 Å². The van der Waals surface area contributed by atoms with Crippen LogP contribution in [0.5, 0.6) is 11.5 Å². The molecule has 0 amide bonds. The Morgan fingerprint density at radius 3 is 1.35 bits per heavy atom. The van der Waals surface area contributed by atoms with E-state index in [2.05, 4.69) is 13.8 Å². The van der Waals surface area contributed by atoms with Crippen LogP contribution in [0, 0.1) is 0 Å². The Hall–Kier alpha value is -5.21. The third-order valence-corrected chi connectivity index (χ3v) is 12.9. The normalized spacial score (nSPS) is 16.0. The molecule has 4 aromatic carbocycles. The van der Waals surface area contributed by atoms with Crippen LogP contribution in [0.3, 0.4) is 0 Å². The van der Waals surface area contributed by atoms with Gasteiger partial charge in [0.05, 0.1) is 33.6 Å². The average Bonchev–Trinajstić information content (AvgIpc) is 4.02. The number of hydrogen-bond acceptors (Lipinski definition) is 8. The molecule has 0 N–H and O–H groups in total. The minimum atomic E-state index is -3.02. The number of hydrogen-bond donors (Lipinski definition) is 0. The minimum Gasteiger partial charge on any atom is -0.494 e. The smallest absolute Gasteiger partial charge is 0.494 e. The number of unbranched alkanes of at least 4 members (excludes halogenated alkanes) is 10. The molecular formula is C46H48B2F4N6O2S2. The number of para-hydroxylation sites is 2. The van der Waals surface area contributed by atoms with E-state index in [9.17, 15) is 0 Å². The van der Waals surface area contributed by atoms with Gasteiger partial charge in [0, 0.05) is 33.6 Å². The van der Waals surface area contributed by atoms with Crippen molar-refractivity contribution in [3.05, 3.63) is 96.1 Å². The fourth-order valence-corrected chi connectivity index (χ4v) is 9.73. The van der Waals surface area contributed by atoms with Crippen LogP contribution < -0.4 is 19.1 Å². The molecule has 0 radical (unpaired) electrons. The van der Waals surface area contributed by atoms with Crippen molar-refractivity contribution in [2.45, 2.75) is 90.9 Å². The third-order valence-electron chi connectivity index (χ3n) is 11.0. The standard InChI is InChI=1S/C46H48B2F4N6O2S2/c1-3-5-7-9-11-17-27-59-31-23-25-35-39(29-31)61-45(53-35)55-43-41(33-19-13-15-21-37(33)57(43)47(49)50)42-34-20-14-16-22-38(34)58(48(51)52)44(42)56-46-54-36-26-24-32(30-40(36)62-46)60-28-18-12-10-8-6-4-2/h13-16,19-26,29-30H,3-12,17-18,27-28H2,1-2H3/b42-41+,55-43-,56-44+. The van der Waals surface area contributed by atoms with Crippen LogP contribution in [0.4, 0.5) is 38.9 Å². The van der Waals surface area contributed by atoms with E-state index >= 15 is 17.3 Å². The van der Waals surface area contributed by atoms with Gasteiger partial charge in [0.1, 0.15) is 23.2 Å². The van der Waals surface area contributed by atoms with Gasteiger partial charge in [-0.1, -0.05) is 137 Å². The number of thiazole rings is 2. The van der Waals surface area contributed by atoms with E-state index in [0.29, 0.717) is 46.9 Å². The Labute approximate surface area is 368 Å². The number of anilines is 2. The number of fused-ring (bicyclic) bond motifs is 4. The number of aliphatic imine (C=N–C) groups is 2. The van der Waals surface area contributed by atoms with E-state index in [0.717, 1.165) is 44.7 Å². The number of aromatic nitrogens is 2. The Balaban J connectivity index is 1.18. The molecule has 320 valence electrons. The minimum absolute atomic E-state index is 0.120. The first-order valence-corrected chi connectivity index (χ1v) is 23.3. The summed E-state index contributed by atoms with van der Waals surface area (Å²) in [5.74, 6) is 1.15. The van der Waals surface area contributed by atoms with Crippen molar-refractivity contribution in [1.82, 2.24) is 9.97 Å². The molecule has 0 atom stereocenters. The maximum absolute atomic E-state index is 15.4. The molecule has 0 saturated heterocycles. The zero-order valence-electron chi connectivity index (χ0n) is 35.0. The first kappa shape index (κ1) is 43.4. The number of rotatable bonds is 20. The molecule has 2 aromatic heterocycles. The van der Waals surface area contributed by atoms with Crippen LogP contribution in [0.15, 0.2) is 94.9 Å². The fraction of sp³-hybridized carbons (Fsp3) is 0.348. The number of amidine groups is 2. The SMILES string of the molecule is CCCCCCCCOc1ccc2nc(/N=C3/C(=C4/C(=N\c5nc6ccc(OCCCCCCCC)cc6s5)N(B(F)F)c5ccccc54)c4ccccc4N3B(F)F)sc2c1. The van der Waals surface area contributed by atoms with E-state index in [-0.39, 0.29) is 44.5 Å². The van der Waals surface area contributed by atoms with Crippen molar-refractivity contribution < 1.29 is 26.7 Å². The quantitative estimate of drug-likeness (QED) is 0.0432. The van der Waals surface area contributed by atoms with Crippen LogP contribution in [-0.4, -0.2) is 49.7 Å². The molecule has 4 heterocycles. The van der Waals surface area contributed by atoms with Crippen molar-refractivity contribution in [3.8, 4) is 11.5 Å². The molecule has 2 aliphatic rings. The first-order chi connectivity index (χ1) is 30.3. The van der Waals surface area contributed by atoms with Gasteiger partial charge in [-0.15, -0.1) is 0 Å². The van der Waals surface area contributed by atoms with E-state index in [1.165, 1.54) is 74.0 Å². The predicted octanol–water partition coefficient (Wildman–Crippen LogP) is 14.2. The van der Waals surface area contributed by atoms with Gasteiger partial charge in [0.2, 0.25) is 10.3 Å². The third kappa shape index (κ3) is 9.56. The monoisotopic (exact) mass is 878 g/mol. The lowest BCUT2D eigenvalue weighted by Crippen LogP contribution is -2.37. The zero-order chi connectivity index (χ0) is 43.0. The first-order valence-electron chi connectivity index (χ1n) is 21.7. The van der Waals surface area contributed by atoms with Gasteiger partial charge in [-0.05, 0) is 61.4 Å². The topological polar surface area (TPSA) is 75.4 Å². The summed E-state index contributed by atoms with van der Waals surface area (Å²) >= 11 is 2.49. The predicted molar refractivity (Wildman–Crippen MR) is 252 cm³/mol. The number of benzene rings is 4. The van der Waals surface area contributed by atoms with Gasteiger partial charge in [-0.25, -0.2) is 20.0 Å². The molecule has 8 nitrogen and oxygen atoms in total. The molecule has 0 fully saturated rings. The summed E-state index contributed by atoms with van der Waals surface area (Å²) in [7, 11) is -6.04. The van der Waals surface area contributed by atoms with Crippen molar-refractivity contribution in [2.24, 2.45) is 9.98 Å². The summed E-state index contributed by atoms with van der Waals surface area (Å²) in [4.78, 5) is 20.8. The Bertz CT molecular complexity index is 2420. The lowest BCUT2D eigenvalue weighted by atomic mass is 9.95. The second kappa shape index (κ2) is 20.3. The zero-order valence-corrected chi connectivity index (χ0v) is 36.6. The fourth-order valence-electron chi connectivity index (χ4n) is 7.99. The number of ether oxygens (including phenoxy) is 2. The van der Waals surface area contributed by atoms with E-state index in [4.69, 9.17) is 29.4 Å². The van der Waals surface area contributed by atoms with Crippen molar-refractivity contribution >= 4 is 102 Å². The van der Waals surface area contributed by atoms with Gasteiger partial charge in [0.15, 0.2) is 0 Å². The average molecular weight is 879 g/mol. The summed E-state index contributed by atoms with van der Waals surface area (Å²) in [6, 6.07) is 24.5. The maximum atomic E-state index is 15.4. The van der Waals surface area contributed by atoms with Crippen LogP contribution in [-0.2, 0) is 0 Å². The molecule has 0 bridgehead atoms. The molecule has 62 heavy (non-hydrogen) atoms. The highest BCUT2D eigenvalue weighted by Crippen LogP contribution is 2.50. The summed E-state index contributed by atoms with van der Waals surface area (Å²) in [6.07, 6.45) is 13.8. The van der Waals surface area contributed by atoms with E-state index in [1.54, 1.807) is 48.5 Å². The number of halogens is 4. The maximum Gasteiger partial charge on any atom is 0.679 e. The van der Waals surface area contributed by atoms with Gasteiger partial charge in [-0.3, -0.25) is 17.3 Å². The van der Waals surface area contributed by atoms with Crippen molar-refractivity contribution in [1.29, 1.82) is 0 Å². The largest absolute Gasteiger partial charge is 0.679 e. The highest BCUT2D eigenvalue weighted by atomic mass is 32.1. The molecule has 0 saturated carbocycles. The van der Waals surface area contributed by atoms with E-state index in [1.807, 2.05) is 36.4 Å². The summed E-state index contributed by atoms with van der Waals surface area (Å²) in [5, 5.41) is 0.464. The Morgan fingerprint density at radius 1 is 0.532 bits per heavy atom. The molecule has 6 aromatic rings. The molecular weight excluding hydrogens is 830 g/mol. The summed E-state index contributed by atoms with van der Waals surface area (Å²) in [5.41, 5.74) is 2.95. The highest BCUT2D eigenvalue weighted by molar-refractivity contribution is 7.22. The summed E-state index contributed by atoms with van der Waals surface area (Å²) < 4.78 is 75.2. The molecule has 0 aliphatic carbocycles. The lowest BCUT2D eigenvalue weighted by Gasteiger charge is -2.18. The summed E-state index contributed by atoms with van der Waals surface area (Å²) in [6.45, 7) is 5.59. The molecule has 0 spiro atoms. The van der Waals surface area contributed by atoms with Gasteiger partial charge >= 0.3 is 14.8 Å². The highest BCUT2D eigenvalue weighted by Gasteiger charge is 2.47. The molecule has 8 rings (SSSR count). The molecule has 16 heteroatoms. The molecule has 0 unspecified atom stereocenters. The Morgan fingerprint density at radius 2 is 0.935 bits per heavy atom. The second-order valence-corrected chi connectivity index (χ2v) is 17.5. The van der Waals surface area contributed by atoms with Crippen molar-refractivity contribution in [3.63, 3.8) is 0 Å². The van der Waals surface area contributed by atoms with Gasteiger partial charge < -0.3 is 19.1 Å². The van der Waals surface area contributed by atoms with Crippen molar-refractivity contribution in [2.75, 3.05) is 22.8 Å². The van der Waals surface area contributed by atoms with Crippen LogP contribution in [0.1, 0.15) is 102 Å². The van der Waals surface area contributed by atoms with Crippen LogP contribution >= 0.6 is 22.7 Å². The lowest BCUT2D eigenvalue weighted by molar-refractivity contribution is 0.304. The van der Waals surface area contributed by atoms with Gasteiger partial charge in [-0.2, -0.15) is 0 Å².